The molecule has 2 atom stereocenters. The standard InChI is InChI=1S/C12H18N4O2S/c1-7-5-8(3-4-16(7)2)11(18)15-12-14-9(6-19-12)10(13)17/h6-8H,3-5H2,1-2H3,(H2,13,17)(H,14,15,18)/t7-,8-/m0/s1. The van der Waals surface area contributed by atoms with Crippen molar-refractivity contribution in [3.63, 3.8) is 0 Å². The Morgan fingerprint density at radius 1 is 1.58 bits per heavy atom. The topological polar surface area (TPSA) is 88.3 Å². The first-order valence-corrected chi connectivity index (χ1v) is 7.11. The third kappa shape index (κ3) is 3.30. The number of nitrogens with one attached hydrogen (secondary N) is 1. The Morgan fingerprint density at radius 3 is 2.89 bits per heavy atom. The van der Waals surface area contributed by atoms with Crippen LogP contribution < -0.4 is 11.1 Å². The fourth-order valence-electron chi connectivity index (χ4n) is 2.18. The van der Waals surface area contributed by atoms with Gasteiger partial charge >= 0.3 is 0 Å². The molecule has 0 aliphatic carbocycles. The number of primary amides is 1. The molecule has 0 bridgehead atoms. The van der Waals surface area contributed by atoms with Crippen LogP contribution in [0.5, 0.6) is 0 Å². The normalized spacial score (nSPS) is 24.1. The Hall–Kier alpha value is -1.47. The Morgan fingerprint density at radius 2 is 2.32 bits per heavy atom. The van der Waals surface area contributed by atoms with E-state index < -0.39 is 5.91 Å². The lowest BCUT2D eigenvalue weighted by atomic mass is 9.91. The number of anilines is 1. The molecular weight excluding hydrogens is 264 g/mol. The highest BCUT2D eigenvalue weighted by Crippen LogP contribution is 2.24. The van der Waals surface area contributed by atoms with Crippen LogP contribution in [0.25, 0.3) is 0 Å². The molecule has 1 aromatic heterocycles. The van der Waals surface area contributed by atoms with E-state index in [1.807, 2.05) is 0 Å². The number of thiazole rings is 1. The summed E-state index contributed by atoms with van der Waals surface area (Å²) in [7, 11) is 2.07. The summed E-state index contributed by atoms with van der Waals surface area (Å²) < 4.78 is 0. The Balaban J connectivity index is 1.95. The van der Waals surface area contributed by atoms with Crippen LogP contribution in [0.15, 0.2) is 5.38 Å². The van der Waals surface area contributed by atoms with Gasteiger partial charge in [0.2, 0.25) is 5.91 Å². The van der Waals surface area contributed by atoms with E-state index in [2.05, 4.69) is 29.2 Å². The molecule has 0 radical (unpaired) electrons. The minimum absolute atomic E-state index is 0.00660. The van der Waals surface area contributed by atoms with Gasteiger partial charge in [-0.2, -0.15) is 0 Å². The average Bonchev–Trinajstić information content (AvgIpc) is 2.81. The molecule has 0 spiro atoms. The molecule has 2 rings (SSSR count). The van der Waals surface area contributed by atoms with E-state index in [1.54, 1.807) is 5.38 Å². The first-order chi connectivity index (χ1) is 8.97. The van der Waals surface area contributed by atoms with Gasteiger partial charge in [0.25, 0.3) is 5.91 Å². The first kappa shape index (κ1) is 14.0. The Labute approximate surface area is 116 Å². The van der Waals surface area contributed by atoms with E-state index in [1.165, 1.54) is 11.3 Å². The third-order valence-electron chi connectivity index (χ3n) is 3.57. The first-order valence-electron chi connectivity index (χ1n) is 6.24. The van der Waals surface area contributed by atoms with Gasteiger partial charge in [0.1, 0.15) is 5.69 Å². The largest absolute Gasteiger partial charge is 0.364 e. The van der Waals surface area contributed by atoms with Crippen molar-refractivity contribution in [2.24, 2.45) is 11.7 Å². The highest BCUT2D eigenvalue weighted by Gasteiger charge is 2.28. The Kier molecular flexibility index (Phi) is 4.16. The minimum atomic E-state index is -0.579. The van der Waals surface area contributed by atoms with Gasteiger partial charge in [-0.25, -0.2) is 4.98 Å². The predicted octanol–water partition coefficient (Wildman–Crippen LogP) is 0.911. The van der Waals surface area contributed by atoms with Gasteiger partial charge in [-0.3, -0.25) is 9.59 Å². The lowest BCUT2D eigenvalue weighted by Gasteiger charge is -2.34. The summed E-state index contributed by atoms with van der Waals surface area (Å²) in [4.78, 5) is 29.3. The SMILES string of the molecule is C[C@H]1C[C@@H](C(=O)Nc2nc(C(N)=O)cs2)CCN1C. The maximum atomic E-state index is 12.1. The van der Waals surface area contributed by atoms with E-state index in [0.29, 0.717) is 11.2 Å². The molecule has 0 unspecified atom stereocenters. The number of carbonyl (C=O) groups excluding carboxylic acids is 2. The van der Waals surface area contributed by atoms with Crippen molar-refractivity contribution in [2.75, 3.05) is 18.9 Å². The van der Waals surface area contributed by atoms with Crippen LogP contribution >= 0.6 is 11.3 Å². The molecule has 0 aromatic carbocycles. The molecule has 0 saturated carbocycles. The molecule has 1 aromatic rings. The van der Waals surface area contributed by atoms with Crippen LogP contribution in [0.1, 0.15) is 30.3 Å². The van der Waals surface area contributed by atoms with Crippen molar-refractivity contribution in [3.8, 4) is 0 Å². The molecular formula is C12H18N4O2S. The molecule has 2 heterocycles. The summed E-state index contributed by atoms with van der Waals surface area (Å²) >= 11 is 1.22. The lowest BCUT2D eigenvalue weighted by molar-refractivity contribution is -0.121. The summed E-state index contributed by atoms with van der Waals surface area (Å²) in [6, 6.07) is 0.405. The number of carbonyl (C=O) groups is 2. The number of likely N-dealkylation sites (tertiary alicyclic amines) is 1. The summed E-state index contributed by atoms with van der Waals surface area (Å²) in [5, 5.41) is 4.75. The van der Waals surface area contributed by atoms with Crippen LogP contribution in [0.2, 0.25) is 0 Å². The van der Waals surface area contributed by atoms with Gasteiger partial charge < -0.3 is 16.0 Å². The highest BCUT2D eigenvalue weighted by atomic mass is 32.1. The number of rotatable bonds is 3. The van der Waals surface area contributed by atoms with Crippen molar-refractivity contribution in [1.82, 2.24) is 9.88 Å². The van der Waals surface area contributed by atoms with Crippen LogP contribution in [-0.2, 0) is 4.79 Å². The molecule has 19 heavy (non-hydrogen) atoms. The van der Waals surface area contributed by atoms with Crippen molar-refractivity contribution in [3.05, 3.63) is 11.1 Å². The van der Waals surface area contributed by atoms with Crippen molar-refractivity contribution >= 4 is 28.3 Å². The molecule has 3 N–H and O–H groups in total. The van der Waals surface area contributed by atoms with Crippen molar-refractivity contribution in [1.29, 1.82) is 0 Å². The molecule has 104 valence electrons. The molecule has 1 fully saturated rings. The van der Waals surface area contributed by atoms with Crippen molar-refractivity contribution in [2.45, 2.75) is 25.8 Å². The van der Waals surface area contributed by atoms with Crippen molar-refractivity contribution < 1.29 is 9.59 Å². The van der Waals surface area contributed by atoms with E-state index in [0.717, 1.165) is 19.4 Å². The zero-order chi connectivity index (χ0) is 14.0. The summed E-state index contributed by atoms with van der Waals surface area (Å²) in [6.07, 6.45) is 1.69. The monoisotopic (exact) mass is 282 g/mol. The molecule has 1 aliphatic rings. The van der Waals surface area contributed by atoms with Crippen LogP contribution in [0.3, 0.4) is 0 Å². The third-order valence-corrected chi connectivity index (χ3v) is 4.32. The number of piperidine rings is 1. The molecule has 1 saturated heterocycles. The minimum Gasteiger partial charge on any atom is -0.364 e. The maximum absolute atomic E-state index is 12.1. The molecule has 7 heteroatoms. The number of nitrogens with zero attached hydrogens (tertiary/aromatic N) is 2. The average molecular weight is 282 g/mol. The van der Waals surface area contributed by atoms with E-state index >= 15 is 0 Å². The second-order valence-corrected chi connectivity index (χ2v) is 5.80. The van der Waals surface area contributed by atoms with E-state index in [4.69, 9.17) is 5.73 Å². The number of hydrogen-bond acceptors (Lipinski definition) is 5. The number of amides is 2. The molecule has 2 amide bonds. The second kappa shape index (κ2) is 5.66. The smallest absolute Gasteiger partial charge is 0.268 e. The van der Waals surface area contributed by atoms with Crippen LogP contribution in [0, 0.1) is 5.92 Å². The van der Waals surface area contributed by atoms with E-state index in [-0.39, 0.29) is 17.5 Å². The zero-order valence-corrected chi connectivity index (χ0v) is 11.9. The predicted molar refractivity (Wildman–Crippen MR) is 74.1 cm³/mol. The molecule has 1 aliphatic heterocycles. The maximum Gasteiger partial charge on any atom is 0.268 e. The summed E-state index contributed by atoms with van der Waals surface area (Å²) in [5.41, 5.74) is 5.31. The van der Waals surface area contributed by atoms with Gasteiger partial charge in [0.05, 0.1) is 0 Å². The summed E-state index contributed by atoms with van der Waals surface area (Å²) in [6.45, 7) is 3.04. The van der Waals surface area contributed by atoms with Crippen LogP contribution in [-0.4, -0.2) is 41.3 Å². The fourth-order valence-corrected chi connectivity index (χ4v) is 2.88. The number of hydrogen-bond donors (Lipinski definition) is 2. The lowest BCUT2D eigenvalue weighted by Crippen LogP contribution is -2.41. The quantitative estimate of drug-likeness (QED) is 0.862. The fraction of sp³-hybridized carbons (Fsp3) is 0.583. The molecule has 6 nitrogen and oxygen atoms in total. The highest BCUT2D eigenvalue weighted by molar-refractivity contribution is 7.14. The van der Waals surface area contributed by atoms with Gasteiger partial charge in [-0.1, -0.05) is 0 Å². The van der Waals surface area contributed by atoms with Gasteiger partial charge in [-0.05, 0) is 33.4 Å². The Bertz CT molecular complexity index is 488. The van der Waals surface area contributed by atoms with Gasteiger partial charge in [-0.15, -0.1) is 11.3 Å². The zero-order valence-electron chi connectivity index (χ0n) is 11.0. The number of aromatic nitrogens is 1. The summed E-state index contributed by atoms with van der Waals surface area (Å²) in [5.74, 6) is -0.595. The van der Waals surface area contributed by atoms with E-state index in [9.17, 15) is 9.59 Å². The van der Waals surface area contributed by atoms with Gasteiger partial charge in [0, 0.05) is 17.3 Å². The van der Waals surface area contributed by atoms with Gasteiger partial charge in [0.15, 0.2) is 5.13 Å². The number of nitrogens with two attached hydrogens (primary N) is 1. The van der Waals surface area contributed by atoms with Crippen LogP contribution in [0.4, 0.5) is 5.13 Å². The second-order valence-electron chi connectivity index (χ2n) is 4.94.